The molecule has 2 saturated heterocycles. The summed E-state index contributed by atoms with van der Waals surface area (Å²) in [6.07, 6.45) is 8.16. The van der Waals surface area contributed by atoms with Crippen molar-refractivity contribution in [1.82, 2.24) is 20.0 Å². The van der Waals surface area contributed by atoms with Crippen molar-refractivity contribution in [3.8, 4) is 0 Å². The molecule has 146 valence electrons. The number of hydrogen-bond acceptors (Lipinski definition) is 4. The van der Waals surface area contributed by atoms with E-state index in [-0.39, 0.29) is 0 Å². The highest BCUT2D eigenvalue weighted by atomic mass is 16.5. The van der Waals surface area contributed by atoms with Gasteiger partial charge < -0.3 is 19.7 Å². The van der Waals surface area contributed by atoms with Crippen molar-refractivity contribution in [2.75, 3.05) is 32.8 Å². The Balaban J connectivity index is 1.45. The Kier molecular flexibility index (Phi) is 7.32. The van der Waals surface area contributed by atoms with Gasteiger partial charge in [0.1, 0.15) is 0 Å². The van der Waals surface area contributed by atoms with E-state index in [1.54, 1.807) is 0 Å². The number of nitrogens with zero attached hydrogens (tertiary/aromatic N) is 4. The van der Waals surface area contributed by atoms with E-state index in [4.69, 9.17) is 14.5 Å². The van der Waals surface area contributed by atoms with E-state index in [1.165, 1.54) is 12.8 Å². The fourth-order valence-electron chi connectivity index (χ4n) is 3.55. The zero-order chi connectivity index (χ0) is 18.2. The van der Waals surface area contributed by atoms with Gasteiger partial charge in [-0.2, -0.15) is 5.10 Å². The van der Waals surface area contributed by atoms with Gasteiger partial charge in [0.15, 0.2) is 5.96 Å². The van der Waals surface area contributed by atoms with E-state index < -0.39 is 0 Å². The summed E-state index contributed by atoms with van der Waals surface area (Å²) in [5, 5.41) is 7.63. The monoisotopic (exact) mass is 363 g/mol. The lowest BCUT2D eigenvalue weighted by molar-refractivity contribution is -0.0721. The molecule has 26 heavy (non-hydrogen) atoms. The van der Waals surface area contributed by atoms with Crippen molar-refractivity contribution >= 4 is 5.96 Å². The number of aliphatic imine (C=N–C) groups is 1. The number of piperidine rings is 1. The molecule has 0 saturated carbocycles. The van der Waals surface area contributed by atoms with Crippen molar-refractivity contribution < 1.29 is 9.47 Å². The maximum atomic E-state index is 6.12. The summed E-state index contributed by atoms with van der Waals surface area (Å²) in [6.45, 7) is 7.24. The highest BCUT2D eigenvalue weighted by molar-refractivity contribution is 5.80. The van der Waals surface area contributed by atoms with Gasteiger partial charge in [-0.25, -0.2) is 4.99 Å². The first-order valence-electron chi connectivity index (χ1n) is 9.99. The minimum absolute atomic E-state index is 0.305. The Labute approximate surface area is 156 Å². The van der Waals surface area contributed by atoms with Crippen molar-refractivity contribution in [3.05, 3.63) is 18.0 Å². The van der Waals surface area contributed by atoms with E-state index in [2.05, 4.69) is 22.2 Å². The van der Waals surface area contributed by atoms with Crippen molar-refractivity contribution in [3.63, 3.8) is 0 Å². The molecule has 1 atom stereocenters. The van der Waals surface area contributed by atoms with Gasteiger partial charge in [0.05, 0.1) is 31.1 Å². The molecule has 3 heterocycles. The molecule has 0 aliphatic carbocycles. The zero-order valence-corrected chi connectivity index (χ0v) is 16.2. The maximum Gasteiger partial charge on any atom is 0.194 e. The van der Waals surface area contributed by atoms with Crippen LogP contribution in [0.1, 0.15) is 44.7 Å². The topological polar surface area (TPSA) is 63.9 Å². The highest BCUT2D eigenvalue weighted by Gasteiger charge is 2.23. The number of guanidine groups is 1. The van der Waals surface area contributed by atoms with Gasteiger partial charge in [-0.3, -0.25) is 4.68 Å². The van der Waals surface area contributed by atoms with E-state index >= 15 is 0 Å². The lowest BCUT2D eigenvalue weighted by atomic mass is 10.1. The molecular weight excluding hydrogens is 330 g/mol. The molecule has 0 aromatic carbocycles. The molecule has 1 unspecified atom stereocenters. The molecule has 7 heteroatoms. The second kappa shape index (κ2) is 9.92. The number of aryl methyl sites for hydroxylation is 1. The molecule has 0 spiro atoms. The van der Waals surface area contributed by atoms with E-state index in [0.717, 1.165) is 63.8 Å². The first-order chi connectivity index (χ1) is 12.8. The van der Waals surface area contributed by atoms with Crippen LogP contribution in [-0.4, -0.2) is 65.7 Å². The Hall–Kier alpha value is -1.60. The number of nitrogens with one attached hydrogen (secondary N) is 1. The summed E-state index contributed by atoms with van der Waals surface area (Å²) < 4.78 is 13.8. The highest BCUT2D eigenvalue weighted by Crippen LogP contribution is 2.18. The first kappa shape index (κ1) is 19.2. The number of rotatable bonds is 6. The molecular formula is C19H33N5O2. The van der Waals surface area contributed by atoms with Gasteiger partial charge >= 0.3 is 0 Å². The van der Waals surface area contributed by atoms with Crippen LogP contribution in [0.25, 0.3) is 0 Å². The number of aromatic nitrogens is 2. The van der Waals surface area contributed by atoms with Crippen molar-refractivity contribution in [1.29, 1.82) is 0 Å². The largest absolute Gasteiger partial charge is 0.376 e. The van der Waals surface area contributed by atoms with E-state index in [0.29, 0.717) is 18.8 Å². The minimum Gasteiger partial charge on any atom is -0.376 e. The van der Waals surface area contributed by atoms with Crippen LogP contribution in [0.3, 0.4) is 0 Å². The first-order valence-corrected chi connectivity index (χ1v) is 9.99. The molecule has 1 aromatic heterocycles. The molecule has 2 fully saturated rings. The molecule has 2 aliphatic rings. The second-order valence-electron chi connectivity index (χ2n) is 7.12. The second-order valence-corrected chi connectivity index (χ2v) is 7.12. The normalized spacial score (nSPS) is 22.6. The summed E-state index contributed by atoms with van der Waals surface area (Å²) in [5.41, 5.74) is 1.12. The van der Waals surface area contributed by atoms with E-state index in [1.807, 2.05) is 24.0 Å². The van der Waals surface area contributed by atoms with Crippen LogP contribution < -0.4 is 5.32 Å². The lowest BCUT2D eigenvalue weighted by Gasteiger charge is -2.35. The summed E-state index contributed by atoms with van der Waals surface area (Å²) in [6, 6.07) is 2.01. The lowest BCUT2D eigenvalue weighted by Crippen LogP contribution is -2.47. The molecule has 1 aromatic rings. The molecule has 3 rings (SSSR count). The predicted molar refractivity (Wildman–Crippen MR) is 102 cm³/mol. The summed E-state index contributed by atoms with van der Waals surface area (Å²) in [7, 11) is 1.95. The molecule has 1 N–H and O–H groups in total. The van der Waals surface area contributed by atoms with Gasteiger partial charge in [0.2, 0.25) is 0 Å². The number of ether oxygens (including phenoxy) is 2. The smallest absolute Gasteiger partial charge is 0.194 e. The third-order valence-electron chi connectivity index (χ3n) is 5.18. The third kappa shape index (κ3) is 5.45. The van der Waals surface area contributed by atoms with Crippen molar-refractivity contribution in [2.24, 2.45) is 12.0 Å². The molecule has 0 amide bonds. The fraction of sp³-hybridized carbons (Fsp3) is 0.789. The van der Waals surface area contributed by atoms with Crippen LogP contribution in [0.15, 0.2) is 17.3 Å². The van der Waals surface area contributed by atoms with Crippen LogP contribution in [0.2, 0.25) is 0 Å². The Bertz CT molecular complexity index is 560. The van der Waals surface area contributed by atoms with Gasteiger partial charge in [0.25, 0.3) is 0 Å². The third-order valence-corrected chi connectivity index (χ3v) is 5.18. The fourth-order valence-corrected chi connectivity index (χ4v) is 3.55. The Morgan fingerprint density at radius 1 is 1.35 bits per heavy atom. The summed E-state index contributed by atoms with van der Waals surface area (Å²) in [5.74, 6) is 0.989. The Morgan fingerprint density at radius 3 is 2.85 bits per heavy atom. The molecule has 0 bridgehead atoms. The van der Waals surface area contributed by atoms with E-state index in [9.17, 15) is 0 Å². The Morgan fingerprint density at radius 2 is 2.19 bits per heavy atom. The average Bonchev–Trinajstić information content (AvgIpc) is 3.10. The van der Waals surface area contributed by atoms with Crippen LogP contribution in [0.4, 0.5) is 0 Å². The van der Waals surface area contributed by atoms with Crippen molar-refractivity contribution in [2.45, 2.75) is 57.8 Å². The minimum atomic E-state index is 0.305. The van der Waals surface area contributed by atoms with Crippen LogP contribution in [0.5, 0.6) is 0 Å². The standard InChI is InChI=1S/C19H33N5O2/c1-3-20-19(21-14-16-7-10-22-23(16)2)24-11-8-17(9-12-24)26-15-18-6-4-5-13-25-18/h7,10,17-18H,3-6,8-9,11-15H2,1-2H3,(H,20,21). The quantitative estimate of drug-likeness (QED) is 0.618. The zero-order valence-electron chi connectivity index (χ0n) is 16.2. The predicted octanol–water partition coefficient (Wildman–Crippen LogP) is 1.94. The average molecular weight is 364 g/mol. The van der Waals surface area contributed by atoms with Crippen LogP contribution >= 0.6 is 0 Å². The SMILES string of the molecule is CCNC(=NCc1ccnn1C)N1CCC(OCC2CCCCO2)CC1. The van der Waals surface area contributed by atoms with Crippen LogP contribution in [-0.2, 0) is 23.1 Å². The molecule has 2 aliphatic heterocycles. The van der Waals surface area contributed by atoms with Gasteiger partial charge in [0, 0.05) is 39.5 Å². The van der Waals surface area contributed by atoms with Gasteiger partial charge in [-0.05, 0) is 45.1 Å². The summed E-state index contributed by atoms with van der Waals surface area (Å²) >= 11 is 0. The molecule has 7 nitrogen and oxygen atoms in total. The number of hydrogen-bond donors (Lipinski definition) is 1. The maximum absolute atomic E-state index is 6.12. The van der Waals surface area contributed by atoms with Crippen LogP contribution in [0, 0.1) is 0 Å². The molecule has 0 radical (unpaired) electrons. The summed E-state index contributed by atoms with van der Waals surface area (Å²) in [4.78, 5) is 7.14. The van der Waals surface area contributed by atoms with Gasteiger partial charge in [-0.15, -0.1) is 0 Å². The number of likely N-dealkylation sites (tertiary alicyclic amines) is 1. The van der Waals surface area contributed by atoms with Gasteiger partial charge in [-0.1, -0.05) is 0 Å².